The van der Waals surface area contributed by atoms with E-state index in [4.69, 9.17) is 0 Å². The summed E-state index contributed by atoms with van der Waals surface area (Å²) in [6.45, 7) is 0. The van der Waals surface area contributed by atoms with Gasteiger partial charge in [0.05, 0.1) is 11.4 Å². The first-order valence-electron chi connectivity index (χ1n) is 4.95. The number of benzene rings is 2. The maximum atomic E-state index is 9.86. The molecule has 0 unspecified atom stereocenters. The molecule has 6 heteroatoms. The number of hydrogen-bond donors (Lipinski definition) is 0. The molecule has 18 heavy (non-hydrogen) atoms. The largest absolute Gasteiger partial charge is 1.00 e. The van der Waals surface area contributed by atoms with E-state index in [1.54, 1.807) is 24.3 Å². The van der Waals surface area contributed by atoms with Gasteiger partial charge in [-0.25, -0.2) is 0 Å². The summed E-state index contributed by atoms with van der Waals surface area (Å²) in [4.78, 5) is 14.3. The molecule has 0 aliphatic heterocycles. The van der Waals surface area contributed by atoms with E-state index in [0.717, 1.165) is 5.69 Å². The van der Waals surface area contributed by atoms with E-state index in [1.807, 2.05) is 30.3 Å². The average Bonchev–Trinajstić information content (AvgIpc) is 2.40. The molecular weight excluding hydrogens is 241 g/mol. The summed E-state index contributed by atoms with van der Waals surface area (Å²) >= 11 is 0. The third-order valence-corrected chi connectivity index (χ3v) is 2.02. The second-order valence-electron chi connectivity index (χ2n) is 3.20. The Morgan fingerprint density at radius 2 is 1.39 bits per heavy atom. The van der Waals surface area contributed by atoms with Gasteiger partial charge in [0.1, 0.15) is 0 Å². The summed E-state index contributed by atoms with van der Waals surface area (Å²) in [5, 5.41) is 10.4. The Balaban J connectivity index is 0.00000162. The van der Waals surface area contributed by atoms with Gasteiger partial charge in [0.25, 0.3) is 0 Å². The topological polar surface area (TPSA) is 63.4 Å². The second kappa shape index (κ2) is 7.71. The number of hydrogen-bond acceptors (Lipinski definition) is 5. The molecular formula is C12H10N3NaO2. The minimum atomic E-state index is 0. The van der Waals surface area contributed by atoms with Crippen LogP contribution in [-0.4, -0.2) is 0 Å². The molecule has 0 heterocycles. The molecule has 5 nitrogen and oxygen atoms in total. The van der Waals surface area contributed by atoms with Crippen molar-refractivity contribution in [2.24, 2.45) is 15.6 Å². The predicted molar refractivity (Wildman–Crippen MR) is 64.6 cm³/mol. The van der Waals surface area contributed by atoms with Gasteiger partial charge in [-0.15, -0.1) is 4.91 Å². The molecule has 0 fully saturated rings. The summed E-state index contributed by atoms with van der Waals surface area (Å²) in [6.07, 6.45) is 0. The van der Waals surface area contributed by atoms with Crippen molar-refractivity contribution in [2.45, 2.75) is 0 Å². The van der Waals surface area contributed by atoms with E-state index in [-0.39, 0.29) is 31.0 Å². The Morgan fingerprint density at radius 1 is 0.833 bits per heavy atom. The van der Waals surface area contributed by atoms with Gasteiger partial charge in [0.15, 0.2) is 11.1 Å². The van der Waals surface area contributed by atoms with Crippen LogP contribution < -0.4 is 34.4 Å². The van der Waals surface area contributed by atoms with Crippen LogP contribution in [-0.2, 0) is 0 Å². The summed E-state index contributed by atoms with van der Waals surface area (Å²) < 4.78 is 0. The van der Waals surface area contributed by atoms with E-state index in [0.29, 0.717) is 11.4 Å². The van der Waals surface area contributed by atoms with Crippen molar-refractivity contribution in [3.8, 4) is 5.75 Å². The first-order valence-corrected chi connectivity index (χ1v) is 4.95. The zero-order valence-electron chi connectivity index (χ0n) is 10.9. The van der Waals surface area contributed by atoms with Crippen molar-refractivity contribution in [3.63, 3.8) is 0 Å². The quantitative estimate of drug-likeness (QED) is 0.355. The fourth-order valence-corrected chi connectivity index (χ4v) is 1.23. The van der Waals surface area contributed by atoms with Crippen molar-refractivity contribution < 1.29 is 35.8 Å². The minimum absolute atomic E-state index is 0. The van der Waals surface area contributed by atoms with Gasteiger partial charge >= 0.3 is 29.6 Å². The molecule has 0 amide bonds. The van der Waals surface area contributed by atoms with Crippen molar-refractivity contribution in [1.82, 2.24) is 0 Å². The van der Waals surface area contributed by atoms with Crippen LogP contribution >= 0.6 is 0 Å². The molecule has 0 aliphatic rings. The second-order valence-corrected chi connectivity index (χ2v) is 3.20. The van der Waals surface area contributed by atoms with Gasteiger partial charge in [0.2, 0.25) is 0 Å². The van der Waals surface area contributed by atoms with Gasteiger partial charge in [-0.3, -0.25) is 0 Å². The molecule has 0 radical (unpaired) electrons. The van der Waals surface area contributed by atoms with E-state index in [1.165, 1.54) is 0 Å². The van der Waals surface area contributed by atoms with Crippen molar-refractivity contribution in [1.29, 1.82) is 0 Å². The van der Waals surface area contributed by atoms with E-state index in [2.05, 4.69) is 20.4 Å². The van der Waals surface area contributed by atoms with Gasteiger partial charge in [-0.1, -0.05) is 18.2 Å². The molecule has 0 saturated heterocycles. The van der Waals surface area contributed by atoms with Crippen LogP contribution in [0.25, 0.3) is 0 Å². The molecule has 2 aromatic rings. The smallest absolute Gasteiger partial charge is 1.00 e. The summed E-state index contributed by atoms with van der Waals surface area (Å²) in [7, 11) is 0. The fourth-order valence-electron chi connectivity index (χ4n) is 1.23. The van der Waals surface area contributed by atoms with E-state index >= 15 is 0 Å². The fraction of sp³-hybridized carbons (Fsp3) is 0. The maximum absolute atomic E-state index is 9.86. The standard InChI is InChI=1S/C12H9N3O2.Na.H/c16-15-17-12-8-6-11(7-9-12)14-13-10-4-2-1-3-5-10;;/h1-9H;;/q;+1;-1. The number of azo groups is 1. The Kier molecular flexibility index (Phi) is 6.21. The minimum Gasteiger partial charge on any atom is -1.00 e. The maximum Gasteiger partial charge on any atom is 1.00 e. The molecule has 2 rings (SSSR count). The first kappa shape index (κ1) is 14.5. The molecule has 0 spiro atoms. The van der Waals surface area contributed by atoms with Crippen LogP contribution in [0.5, 0.6) is 5.75 Å². The summed E-state index contributed by atoms with van der Waals surface area (Å²) in [5.41, 5.74) is 1.45. The Bertz CT molecular complexity index is 520. The van der Waals surface area contributed by atoms with Crippen LogP contribution in [0.3, 0.4) is 0 Å². The normalized spacial score (nSPS) is 9.78. The van der Waals surface area contributed by atoms with Crippen molar-refractivity contribution in [3.05, 3.63) is 59.5 Å². The zero-order chi connectivity index (χ0) is 11.9. The Morgan fingerprint density at radius 3 is 1.94 bits per heavy atom. The molecule has 2 aromatic carbocycles. The molecule has 0 aliphatic carbocycles. The average molecular weight is 251 g/mol. The third kappa shape index (κ3) is 4.37. The van der Waals surface area contributed by atoms with Crippen molar-refractivity contribution in [2.75, 3.05) is 0 Å². The van der Waals surface area contributed by atoms with Crippen LogP contribution in [0.15, 0.2) is 70.2 Å². The van der Waals surface area contributed by atoms with Crippen molar-refractivity contribution >= 4 is 11.4 Å². The molecule has 0 atom stereocenters. The monoisotopic (exact) mass is 251 g/mol. The number of nitrogens with zero attached hydrogens (tertiary/aromatic N) is 3. The van der Waals surface area contributed by atoms with Gasteiger partial charge in [-0.2, -0.15) is 10.2 Å². The summed E-state index contributed by atoms with van der Waals surface area (Å²) in [6, 6.07) is 16.0. The molecule has 0 N–H and O–H groups in total. The third-order valence-electron chi connectivity index (χ3n) is 2.02. The molecule has 0 saturated carbocycles. The predicted octanol–water partition coefficient (Wildman–Crippen LogP) is 1.28. The van der Waals surface area contributed by atoms with Gasteiger partial charge in [0, 0.05) is 0 Å². The van der Waals surface area contributed by atoms with Crippen LogP contribution in [0.1, 0.15) is 1.43 Å². The Hall–Kier alpha value is -1.56. The van der Waals surface area contributed by atoms with Gasteiger partial charge < -0.3 is 6.26 Å². The summed E-state index contributed by atoms with van der Waals surface area (Å²) in [5.74, 6) is 0.374. The van der Waals surface area contributed by atoms with Crippen LogP contribution in [0.4, 0.5) is 11.4 Å². The molecule has 0 bridgehead atoms. The van der Waals surface area contributed by atoms with Gasteiger partial charge in [-0.05, 0) is 36.4 Å². The zero-order valence-corrected chi connectivity index (χ0v) is 11.9. The molecule has 86 valence electrons. The Labute approximate surface area is 128 Å². The first-order chi connectivity index (χ1) is 8.38. The SMILES string of the molecule is O=NOc1ccc(N=Nc2ccccc2)cc1.[H-].[Na+]. The molecule has 0 aromatic heterocycles. The van der Waals surface area contributed by atoms with E-state index in [9.17, 15) is 4.91 Å². The van der Waals surface area contributed by atoms with E-state index < -0.39 is 0 Å². The number of rotatable bonds is 4. The van der Waals surface area contributed by atoms with Crippen LogP contribution in [0, 0.1) is 4.91 Å². The van der Waals surface area contributed by atoms with Crippen LogP contribution in [0.2, 0.25) is 0 Å².